The molecule has 0 radical (unpaired) electrons. The number of hydrogen-bond acceptors (Lipinski definition) is 2. The van der Waals surface area contributed by atoms with E-state index in [-0.39, 0.29) is 24.9 Å². The summed E-state index contributed by atoms with van der Waals surface area (Å²) >= 11 is 0.694. The number of carbonyl (C=O) groups is 1. The van der Waals surface area contributed by atoms with Crippen molar-refractivity contribution >= 4 is 5.97 Å². The molecule has 0 aromatic heterocycles. The van der Waals surface area contributed by atoms with Crippen LogP contribution in [0.15, 0.2) is 0 Å². The minimum atomic E-state index is -1.08. The van der Waals surface area contributed by atoms with Gasteiger partial charge in [-0.1, -0.05) is 0 Å². The van der Waals surface area contributed by atoms with Crippen LogP contribution in [-0.2, 0) is 55.8 Å². The van der Waals surface area contributed by atoms with E-state index in [9.17, 15) is 0 Å². The van der Waals surface area contributed by atoms with E-state index in [0.29, 0.717) is 0 Å². The monoisotopic (exact) mass is 510 g/mol. The van der Waals surface area contributed by atoms with Crippen molar-refractivity contribution < 1.29 is 64.4 Å². The van der Waals surface area contributed by atoms with E-state index >= 15 is 0 Å². The van der Waals surface area contributed by atoms with Crippen LogP contribution in [0.4, 0.5) is 0 Å². The number of quaternary nitrogens is 1. The summed E-state index contributed by atoms with van der Waals surface area (Å²) in [5.74, 6) is -1.08. The van der Waals surface area contributed by atoms with E-state index in [1.165, 1.54) is 0 Å². The molecule has 3 nitrogen and oxygen atoms in total. The molecule has 0 atom stereocenters. The van der Waals surface area contributed by atoms with E-state index in [1.54, 1.807) is 0 Å². The minimum absolute atomic E-state index is 0.333. The first-order valence-corrected chi connectivity index (χ1v) is 17.7. The molecular weight excluding hydrogens is 495 g/mol. The fourth-order valence-corrected chi connectivity index (χ4v) is 0. The van der Waals surface area contributed by atoms with Crippen LogP contribution in [0, 0.1) is 0 Å². The third-order valence-corrected chi connectivity index (χ3v) is 0. The Morgan fingerprint density at radius 3 is 1.67 bits per heavy atom. The van der Waals surface area contributed by atoms with Gasteiger partial charge in [0.1, 0.15) is 0 Å². The zero-order valence-electron chi connectivity index (χ0n) is 6.44. The molecule has 3 N–H and O–H groups in total. The predicted octanol–water partition coefficient (Wildman–Crippen LogP) is -1.39. The zero-order valence-corrected chi connectivity index (χ0v) is 17.4. The van der Waals surface area contributed by atoms with E-state index in [4.69, 9.17) is 9.90 Å². The molecule has 0 aliphatic carbocycles. The number of rotatable bonds is 0. The molecule has 0 fully saturated rings. The summed E-state index contributed by atoms with van der Waals surface area (Å²) < 4.78 is 8.14. The molecule has 5 heteroatoms. The van der Waals surface area contributed by atoms with Gasteiger partial charge in [-0.2, -0.15) is 0 Å². The number of carboxylic acid groups (broad SMARTS) is 1. The van der Waals surface area contributed by atoms with Crippen molar-refractivity contribution in [3.63, 3.8) is 0 Å². The number of hydrogen-bond donors (Lipinski definition) is 1. The molecule has 0 unspecified atom stereocenters. The molecule has 0 saturated heterocycles. The summed E-state index contributed by atoms with van der Waals surface area (Å²) in [5.41, 5.74) is 0. The Bertz CT molecular complexity index is 47.8. The van der Waals surface area contributed by atoms with E-state index < -0.39 is 5.97 Å². The van der Waals surface area contributed by atoms with Gasteiger partial charge < -0.3 is 9.90 Å². The maximum absolute atomic E-state index is 8.89. The maximum atomic E-state index is 8.89. The first kappa shape index (κ1) is 16.7. The third-order valence-electron chi connectivity index (χ3n) is 0. The van der Waals surface area contributed by atoms with Gasteiger partial charge in [-0.05, 0) is 6.92 Å². The van der Waals surface area contributed by atoms with Crippen LogP contribution in [0.2, 0.25) is 8.86 Å². The van der Waals surface area contributed by atoms with Crippen molar-refractivity contribution in [2.75, 3.05) is 0 Å². The summed E-state index contributed by atoms with van der Waals surface area (Å²) in [6, 6.07) is 0. The molecule has 49 valence electrons. The summed E-state index contributed by atoms with van der Waals surface area (Å²) in [4.78, 5) is 8.89. The summed E-state index contributed by atoms with van der Waals surface area (Å²) in [7, 11) is 0. The van der Waals surface area contributed by atoms with Crippen molar-refractivity contribution in [3.8, 4) is 0 Å². The van der Waals surface area contributed by atoms with Crippen LogP contribution in [0.5, 0.6) is 0 Å². The van der Waals surface area contributed by atoms with Crippen LogP contribution in [0.1, 0.15) is 6.92 Å². The van der Waals surface area contributed by atoms with Gasteiger partial charge >= 0.3 is 63.4 Å². The molecule has 0 rings (SSSR count). The van der Waals surface area contributed by atoms with E-state index in [1.807, 2.05) is 0 Å². The third kappa shape index (κ3) is 293. The van der Waals surface area contributed by atoms with Gasteiger partial charge in [-0.3, -0.25) is 0 Å². The van der Waals surface area contributed by atoms with Crippen molar-refractivity contribution in [2.24, 2.45) is 0 Å². The number of aliphatic carboxylic acids is 1. The first-order valence-electron chi connectivity index (χ1n) is 2.82. The first-order chi connectivity index (χ1) is 4.15. The second kappa shape index (κ2) is 22.8. The SMILES string of the molecule is CC(=O)[O-].[CH3][Hg].[CH3][Hg][NH3+]. The average Bonchev–Trinajstić information content (AvgIpc) is 1.71. The van der Waals surface area contributed by atoms with Gasteiger partial charge in [0.05, 0.1) is 0 Å². The van der Waals surface area contributed by atoms with Crippen molar-refractivity contribution in [2.45, 2.75) is 15.8 Å². The second-order valence-electron chi connectivity index (χ2n) is 0.992. The van der Waals surface area contributed by atoms with E-state index in [0.717, 1.165) is 33.0 Å². The molecule has 9 heavy (non-hydrogen) atoms. The van der Waals surface area contributed by atoms with Gasteiger partial charge in [0.25, 0.3) is 0 Å². The van der Waals surface area contributed by atoms with Crippen molar-refractivity contribution in [1.29, 1.82) is 0 Å². The molecule has 0 aliphatic heterocycles. The van der Waals surface area contributed by atoms with Crippen LogP contribution in [-0.4, -0.2) is 5.97 Å². The Kier molecular flexibility index (Phi) is 42.4. The normalized spacial score (nSPS) is 4.67. The van der Waals surface area contributed by atoms with Gasteiger partial charge in [0.2, 0.25) is 0 Å². The average molecular weight is 507 g/mol. The van der Waals surface area contributed by atoms with Crippen molar-refractivity contribution in [1.82, 2.24) is 0 Å². The van der Waals surface area contributed by atoms with Crippen LogP contribution >= 0.6 is 0 Å². The van der Waals surface area contributed by atoms with Crippen LogP contribution in [0.25, 0.3) is 0 Å². The fourth-order valence-electron chi connectivity index (χ4n) is 0. The molecule has 0 aromatic rings. The van der Waals surface area contributed by atoms with Crippen LogP contribution in [0.3, 0.4) is 0 Å². The van der Waals surface area contributed by atoms with Gasteiger partial charge in [0, 0.05) is 5.97 Å². The summed E-state index contributed by atoms with van der Waals surface area (Å²) in [6.07, 6.45) is 0. The number of carboxylic acids is 1. The summed E-state index contributed by atoms with van der Waals surface area (Å²) in [5, 5.41) is 8.89. The zero-order chi connectivity index (χ0) is 8.28. The second-order valence-corrected chi connectivity index (χ2v) is 4.88. The Hall–Kier alpha value is 1.30. The topological polar surface area (TPSA) is 67.8 Å². The fraction of sp³-hybridized carbons (Fsp3) is 0.750. The van der Waals surface area contributed by atoms with Crippen LogP contribution < -0.4 is 8.60 Å². The molecule has 0 saturated carbocycles. The quantitative estimate of drug-likeness (QED) is 0.411. The van der Waals surface area contributed by atoms with Gasteiger partial charge in [-0.15, -0.1) is 0 Å². The molecule has 0 amide bonds. The molecular formula is C4H12Hg2NO2. The van der Waals surface area contributed by atoms with Gasteiger partial charge in [0.15, 0.2) is 0 Å². The van der Waals surface area contributed by atoms with Crippen molar-refractivity contribution in [3.05, 3.63) is 0 Å². The Labute approximate surface area is 85.2 Å². The molecule has 0 bridgehead atoms. The molecule has 0 aromatic carbocycles. The Balaban J connectivity index is -0.0000000646. The standard InChI is InChI=1S/C2H4O2.2CH3.2Hg.H3N/c1-2(3)4;;;;;/h1H3,(H,3,4);2*1H3;;;1H3/q;;;;+1;/p-1. The predicted molar refractivity (Wildman–Crippen MR) is 25.3 cm³/mol. The van der Waals surface area contributed by atoms with E-state index in [2.05, 4.69) is 12.4 Å². The molecule has 0 spiro atoms. The van der Waals surface area contributed by atoms with Gasteiger partial charge in [-0.25, -0.2) is 0 Å². The molecule has 0 aliphatic rings. The Morgan fingerprint density at radius 2 is 1.67 bits per heavy atom. The summed E-state index contributed by atoms with van der Waals surface area (Å²) in [6.45, 7) is 0.972. The number of carbonyl (C=O) groups excluding carboxylic acids is 1. The Morgan fingerprint density at radius 1 is 1.67 bits per heavy atom. The molecule has 0 heterocycles.